The van der Waals surface area contributed by atoms with Crippen molar-refractivity contribution in [3.05, 3.63) is 83.6 Å². The first kappa shape index (κ1) is 29.5. The van der Waals surface area contributed by atoms with Gasteiger partial charge >= 0.3 is 5.97 Å². The number of carbonyl (C=O) groups is 1. The van der Waals surface area contributed by atoms with Crippen LogP contribution in [0.1, 0.15) is 23.7 Å². The van der Waals surface area contributed by atoms with E-state index in [0.717, 1.165) is 27.9 Å². The third-order valence-corrected chi connectivity index (χ3v) is 8.25. The van der Waals surface area contributed by atoms with Gasteiger partial charge in [-0.2, -0.15) is 4.72 Å². The van der Waals surface area contributed by atoms with Gasteiger partial charge in [0, 0.05) is 29.6 Å². The van der Waals surface area contributed by atoms with Crippen molar-refractivity contribution in [2.24, 2.45) is 0 Å². The number of carboxylic acids is 1. The molecule has 4 aromatic rings. The number of aromatic nitrogens is 1. The number of ether oxygens (including phenoxy) is 3. The second kappa shape index (κ2) is 12.8. The molecule has 0 aliphatic rings. The molecule has 1 heterocycles. The van der Waals surface area contributed by atoms with Gasteiger partial charge in [0.05, 0.1) is 19.1 Å². The lowest BCUT2D eigenvalue weighted by Crippen LogP contribution is -2.42. The fourth-order valence-electron chi connectivity index (χ4n) is 4.62. The maximum Gasteiger partial charge on any atom is 0.322 e. The van der Waals surface area contributed by atoms with Crippen molar-refractivity contribution >= 4 is 26.9 Å². The number of hydrogen-bond donors (Lipinski definition) is 2. The quantitative estimate of drug-likeness (QED) is 0.240. The first-order valence-electron chi connectivity index (χ1n) is 12.8. The number of methoxy groups -OCH3 is 2. The summed E-state index contributed by atoms with van der Waals surface area (Å²) >= 11 is 0. The number of hydrogen-bond acceptors (Lipinski definition) is 6. The van der Waals surface area contributed by atoms with E-state index in [9.17, 15) is 18.3 Å². The zero-order chi connectivity index (χ0) is 29.6. The second-order valence-electron chi connectivity index (χ2n) is 9.29. The zero-order valence-corrected chi connectivity index (χ0v) is 24.1. The molecule has 0 unspecified atom stereocenters. The lowest BCUT2D eigenvalue weighted by atomic mass is 10.0. The highest BCUT2D eigenvalue weighted by molar-refractivity contribution is 7.89. The van der Waals surface area contributed by atoms with Crippen molar-refractivity contribution in [2.75, 3.05) is 20.8 Å². The molecule has 1 aromatic heterocycles. The van der Waals surface area contributed by atoms with E-state index in [1.165, 1.54) is 24.3 Å². The fraction of sp³-hybridized carbons (Fsp3) is 0.258. The van der Waals surface area contributed by atoms with Gasteiger partial charge in [-0.1, -0.05) is 18.1 Å². The van der Waals surface area contributed by atoms with E-state index in [1.54, 1.807) is 21.1 Å². The van der Waals surface area contributed by atoms with E-state index in [4.69, 9.17) is 14.2 Å². The summed E-state index contributed by atoms with van der Waals surface area (Å²) in [6.07, 6.45) is -0.0773. The van der Waals surface area contributed by atoms with Gasteiger partial charge in [-0.05, 0) is 79.6 Å². The lowest BCUT2D eigenvalue weighted by molar-refractivity contribution is -0.138. The van der Waals surface area contributed by atoms with Crippen LogP contribution in [0.3, 0.4) is 0 Å². The molecule has 0 aliphatic carbocycles. The van der Waals surface area contributed by atoms with Gasteiger partial charge in [0.2, 0.25) is 10.0 Å². The van der Waals surface area contributed by atoms with E-state index in [1.807, 2.05) is 49.4 Å². The van der Waals surface area contributed by atoms with E-state index >= 15 is 0 Å². The van der Waals surface area contributed by atoms with Gasteiger partial charge in [-0.3, -0.25) is 4.79 Å². The van der Waals surface area contributed by atoms with Crippen molar-refractivity contribution in [3.8, 4) is 29.1 Å². The summed E-state index contributed by atoms with van der Waals surface area (Å²) in [4.78, 5) is 12.3. The van der Waals surface area contributed by atoms with Crippen molar-refractivity contribution in [1.29, 1.82) is 0 Å². The van der Waals surface area contributed by atoms with Crippen molar-refractivity contribution in [1.82, 2.24) is 9.29 Å². The maximum atomic E-state index is 13.2. The Morgan fingerprint density at radius 3 is 2.34 bits per heavy atom. The topological polar surface area (TPSA) is 116 Å². The number of benzene rings is 3. The third kappa shape index (κ3) is 6.82. The number of carboxylic acid groups (broad SMARTS) is 1. The van der Waals surface area contributed by atoms with Gasteiger partial charge in [0.15, 0.2) is 0 Å². The summed E-state index contributed by atoms with van der Waals surface area (Å²) in [5, 5.41) is 10.9. The largest absolute Gasteiger partial charge is 0.497 e. The summed E-state index contributed by atoms with van der Waals surface area (Å²) in [6, 6.07) is 17.6. The smallest absolute Gasteiger partial charge is 0.322 e. The van der Waals surface area contributed by atoms with Crippen LogP contribution in [0, 0.1) is 18.8 Å². The number of aliphatic carboxylic acids is 1. The Balaban J connectivity index is 1.67. The van der Waals surface area contributed by atoms with Crippen LogP contribution in [0.2, 0.25) is 0 Å². The Hall–Kier alpha value is -4.46. The molecule has 0 bridgehead atoms. The molecule has 3 aromatic carbocycles. The van der Waals surface area contributed by atoms with Crippen LogP contribution < -0.4 is 18.9 Å². The molecule has 9 nitrogen and oxygen atoms in total. The molecule has 0 fully saturated rings. The first-order chi connectivity index (χ1) is 19.7. The summed E-state index contributed by atoms with van der Waals surface area (Å²) in [7, 11) is -0.988. The number of fused-ring (bicyclic) bond motifs is 1. The van der Waals surface area contributed by atoms with Gasteiger partial charge in [-0.15, -0.1) is 5.92 Å². The van der Waals surface area contributed by atoms with Crippen LogP contribution >= 0.6 is 0 Å². The summed E-state index contributed by atoms with van der Waals surface area (Å²) in [6.45, 7) is 4.28. The van der Waals surface area contributed by atoms with Crippen LogP contribution in [-0.4, -0.2) is 50.9 Å². The SMILES string of the molecule is CC#CCOc1ccc(S(=O)(=O)N[C@@H](Cc2c(C)n(Cc3cccc(OC)c3)c3ccc(OC)cc23)C(=O)O)cc1. The maximum absolute atomic E-state index is 13.2. The molecule has 10 heteroatoms. The highest BCUT2D eigenvalue weighted by Gasteiger charge is 2.28. The van der Waals surface area contributed by atoms with Crippen molar-refractivity contribution in [3.63, 3.8) is 0 Å². The average Bonchev–Trinajstić information content (AvgIpc) is 3.22. The van der Waals surface area contributed by atoms with Crippen molar-refractivity contribution in [2.45, 2.75) is 37.8 Å². The molecule has 2 N–H and O–H groups in total. The minimum absolute atomic E-state index is 0.0727. The Morgan fingerprint density at radius 1 is 1.00 bits per heavy atom. The molecule has 4 rings (SSSR count). The molecule has 0 saturated heterocycles. The molecule has 41 heavy (non-hydrogen) atoms. The molecule has 0 spiro atoms. The number of nitrogens with one attached hydrogen (secondary N) is 1. The van der Waals surface area contributed by atoms with E-state index in [-0.39, 0.29) is 17.9 Å². The minimum atomic E-state index is -4.15. The van der Waals surface area contributed by atoms with Crippen LogP contribution in [0.15, 0.2) is 71.6 Å². The third-order valence-electron chi connectivity index (χ3n) is 6.76. The number of rotatable bonds is 12. The van der Waals surface area contributed by atoms with E-state index in [2.05, 4.69) is 21.1 Å². The molecular weight excluding hydrogens is 544 g/mol. The summed E-state index contributed by atoms with van der Waals surface area (Å²) in [5.74, 6) is 5.98. The number of nitrogens with zero attached hydrogens (tertiary/aromatic N) is 1. The molecule has 0 saturated carbocycles. The molecule has 0 amide bonds. The average molecular weight is 577 g/mol. The predicted octanol–water partition coefficient (Wildman–Crippen LogP) is 4.39. The predicted molar refractivity (Wildman–Crippen MR) is 156 cm³/mol. The standard InChI is InChI=1S/C31H32N2O7S/c1-5-6-16-40-23-10-13-26(14-11-23)41(36,37)32-29(31(34)35)19-27-21(2)33(20-22-8-7-9-24(17-22)38-3)30-15-12-25(39-4)18-28(27)30/h7-15,17-18,29,32H,16,19-20H2,1-4H3,(H,34,35)/t29-/m0/s1. The minimum Gasteiger partial charge on any atom is -0.497 e. The monoisotopic (exact) mass is 576 g/mol. The number of sulfonamides is 1. The molecule has 0 radical (unpaired) electrons. The molecule has 1 atom stereocenters. The molecular formula is C31H32N2O7S. The lowest BCUT2D eigenvalue weighted by Gasteiger charge is -2.16. The van der Waals surface area contributed by atoms with Crippen LogP contribution in [0.5, 0.6) is 17.2 Å². The zero-order valence-electron chi connectivity index (χ0n) is 23.3. The van der Waals surface area contributed by atoms with E-state index in [0.29, 0.717) is 23.6 Å². The van der Waals surface area contributed by atoms with E-state index < -0.39 is 22.0 Å². The Morgan fingerprint density at radius 2 is 1.68 bits per heavy atom. The van der Waals surface area contributed by atoms with Crippen LogP contribution in [0.25, 0.3) is 10.9 Å². The van der Waals surface area contributed by atoms with Crippen LogP contribution in [-0.2, 0) is 27.8 Å². The fourth-order valence-corrected chi connectivity index (χ4v) is 5.81. The Labute approximate surface area is 239 Å². The summed E-state index contributed by atoms with van der Waals surface area (Å²) < 4.78 is 47.1. The normalized spacial score (nSPS) is 11.9. The van der Waals surface area contributed by atoms with Gasteiger partial charge < -0.3 is 23.9 Å². The summed E-state index contributed by atoms with van der Waals surface area (Å²) in [5.41, 5.74) is 3.39. The Bertz CT molecular complexity index is 1720. The Kier molecular flexibility index (Phi) is 9.22. The van der Waals surface area contributed by atoms with Gasteiger partial charge in [0.1, 0.15) is 29.9 Å². The van der Waals surface area contributed by atoms with Gasteiger partial charge in [-0.25, -0.2) is 8.42 Å². The van der Waals surface area contributed by atoms with Crippen LogP contribution in [0.4, 0.5) is 0 Å². The van der Waals surface area contributed by atoms with Crippen molar-refractivity contribution < 1.29 is 32.5 Å². The molecule has 214 valence electrons. The van der Waals surface area contributed by atoms with Gasteiger partial charge in [0.25, 0.3) is 0 Å². The highest BCUT2D eigenvalue weighted by atomic mass is 32.2. The second-order valence-corrected chi connectivity index (χ2v) is 11.0. The first-order valence-corrected chi connectivity index (χ1v) is 14.3. The molecule has 0 aliphatic heterocycles. The highest BCUT2D eigenvalue weighted by Crippen LogP contribution is 2.32.